The Kier molecular flexibility index (Phi) is 5.09. The summed E-state index contributed by atoms with van der Waals surface area (Å²) >= 11 is 0. The smallest absolute Gasteiger partial charge is 0.304 e. The molecule has 0 amide bonds. The van der Waals surface area contributed by atoms with E-state index in [0.717, 1.165) is 39.6 Å². The number of para-hydroxylation sites is 1. The molecule has 0 saturated carbocycles. The van der Waals surface area contributed by atoms with E-state index in [1.807, 2.05) is 47.9 Å². The Bertz CT molecular complexity index is 1460. The van der Waals surface area contributed by atoms with Crippen molar-refractivity contribution in [2.75, 3.05) is 18.5 Å². The molecular formula is C27H24FN3O4. The first-order valence-corrected chi connectivity index (χ1v) is 11.7. The summed E-state index contributed by atoms with van der Waals surface area (Å²) in [7, 11) is 0. The molecule has 0 radical (unpaired) electrons. The van der Waals surface area contributed by atoms with Gasteiger partial charge in [0.05, 0.1) is 35.8 Å². The van der Waals surface area contributed by atoms with Crippen molar-refractivity contribution in [1.29, 1.82) is 0 Å². The fourth-order valence-corrected chi connectivity index (χ4v) is 5.08. The Balaban J connectivity index is 1.33. The maximum Gasteiger partial charge on any atom is 0.304 e. The van der Waals surface area contributed by atoms with Crippen molar-refractivity contribution in [3.05, 3.63) is 77.4 Å². The molecule has 3 aromatic carbocycles. The number of ether oxygens (including phenoxy) is 2. The molecule has 178 valence electrons. The van der Waals surface area contributed by atoms with Gasteiger partial charge < -0.3 is 19.9 Å². The zero-order chi connectivity index (χ0) is 24.1. The van der Waals surface area contributed by atoms with E-state index in [0.29, 0.717) is 30.9 Å². The number of hydrogen-bond acceptors (Lipinski definition) is 5. The number of carboxylic acid groups (broad SMARTS) is 1. The molecule has 2 N–H and O–H groups in total. The van der Waals surface area contributed by atoms with Gasteiger partial charge in [-0.2, -0.15) is 0 Å². The first-order valence-electron chi connectivity index (χ1n) is 11.7. The number of nitrogens with one attached hydrogen (secondary N) is 1. The van der Waals surface area contributed by atoms with Crippen LogP contribution >= 0.6 is 0 Å². The summed E-state index contributed by atoms with van der Waals surface area (Å²) in [5.41, 5.74) is 5.10. The van der Waals surface area contributed by atoms with E-state index < -0.39 is 5.97 Å². The van der Waals surface area contributed by atoms with E-state index in [1.165, 1.54) is 12.1 Å². The number of anilines is 1. The summed E-state index contributed by atoms with van der Waals surface area (Å²) in [6, 6.07) is 16.3. The summed E-state index contributed by atoms with van der Waals surface area (Å²) < 4.78 is 28.0. The lowest BCUT2D eigenvalue weighted by molar-refractivity contribution is -0.137. The number of benzene rings is 3. The van der Waals surface area contributed by atoms with E-state index >= 15 is 0 Å². The Morgan fingerprint density at radius 2 is 2.03 bits per heavy atom. The zero-order valence-electron chi connectivity index (χ0n) is 19.1. The predicted molar refractivity (Wildman–Crippen MR) is 129 cm³/mol. The van der Waals surface area contributed by atoms with E-state index in [-0.39, 0.29) is 24.2 Å². The fourth-order valence-electron chi connectivity index (χ4n) is 5.08. The third-order valence-electron chi connectivity index (χ3n) is 6.69. The van der Waals surface area contributed by atoms with E-state index in [4.69, 9.17) is 19.6 Å². The van der Waals surface area contributed by atoms with Crippen LogP contribution in [0.25, 0.3) is 16.7 Å². The van der Waals surface area contributed by atoms with Gasteiger partial charge in [0.2, 0.25) is 0 Å². The topological polar surface area (TPSA) is 85.6 Å². The first kappa shape index (κ1) is 21.5. The second-order valence-electron chi connectivity index (χ2n) is 8.91. The quantitative estimate of drug-likeness (QED) is 0.399. The Labute approximate surface area is 201 Å². The van der Waals surface area contributed by atoms with Gasteiger partial charge in [-0.25, -0.2) is 9.37 Å². The van der Waals surface area contributed by atoms with Crippen molar-refractivity contribution in [1.82, 2.24) is 9.55 Å². The minimum atomic E-state index is -0.830. The second-order valence-corrected chi connectivity index (χ2v) is 8.91. The molecule has 0 saturated heterocycles. The molecule has 2 atom stereocenters. The number of rotatable bonds is 6. The Morgan fingerprint density at radius 1 is 1.14 bits per heavy atom. The number of fused-ring (bicyclic) bond motifs is 3. The summed E-state index contributed by atoms with van der Waals surface area (Å²) in [6.45, 7) is 2.84. The SMILES string of the molecule is CCc1nc2ccc(F)cc2n1-c1cccc2c1OCC2Nc1ccc2c(c1)OCC2CC(=O)O. The molecule has 8 heteroatoms. The fraction of sp³-hybridized carbons (Fsp3) is 0.259. The predicted octanol–water partition coefficient (Wildman–Crippen LogP) is 5.22. The lowest BCUT2D eigenvalue weighted by Gasteiger charge is -2.15. The van der Waals surface area contributed by atoms with Crippen LogP contribution in [0.1, 0.15) is 42.3 Å². The van der Waals surface area contributed by atoms with Gasteiger partial charge in [0.25, 0.3) is 0 Å². The molecule has 0 bridgehead atoms. The van der Waals surface area contributed by atoms with Crippen LogP contribution in [-0.4, -0.2) is 33.8 Å². The second kappa shape index (κ2) is 8.30. The number of aliphatic carboxylic acids is 1. The average Bonchev–Trinajstić information content (AvgIpc) is 3.54. The van der Waals surface area contributed by atoms with E-state index in [9.17, 15) is 9.18 Å². The molecule has 0 aliphatic carbocycles. The number of carbonyl (C=O) groups is 1. The number of aryl methyl sites for hydroxylation is 1. The highest BCUT2D eigenvalue weighted by molar-refractivity contribution is 5.79. The Hall–Kier alpha value is -4.07. The summed E-state index contributed by atoms with van der Waals surface area (Å²) in [5.74, 6) is 1.04. The van der Waals surface area contributed by atoms with Crippen molar-refractivity contribution >= 4 is 22.7 Å². The maximum atomic E-state index is 14.1. The van der Waals surface area contributed by atoms with E-state index in [1.54, 1.807) is 6.07 Å². The third-order valence-corrected chi connectivity index (χ3v) is 6.69. The number of nitrogens with zero attached hydrogens (tertiary/aromatic N) is 2. The molecule has 0 spiro atoms. The largest absolute Gasteiger partial charge is 0.493 e. The van der Waals surface area contributed by atoms with Gasteiger partial charge >= 0.3 is 5.97 Å². The molecule has 35 heavy (non-hydrogen) atoms. The van der Waals surface area contributed by atoms with Crippen molar-refractivity contribution in [2.45, 2.75) is 31.7 Å². The molecule has 4 aromatic rings. The van der Waals surface area contributed by atoms with Gasteiger partial charge in [-0.15, -0.1) is 0 Å². The van der Waals surface area contributed by atoms with Crippen molar-refractivity contribution in [2.24, 2.45) is 0 Å². The van der Waals surface area contributed by atoms with Crippen molar-refractivity contribution in [3.63, 3.8) is 0 Å². The van der Waals surface area contributed by atoms with Crippen LogP contribution in [0.15, 0.2) is 54.6 Å². The zero-order valence-corrected chi connectivity index (χ0v) is 19.1. The highest BCUT2D eigenvalue weighted by Crippen LogP contribution is 2.42. The summed E-state index contributed by atoms with van der Waals surface area (Å²) in [4.78, 5) is 15.8. The monoisotopic (exact) mass is 473 g/mol. The number of halogens is 1. The number of hydrogen-bond donors (Lipinski definition) is 2. The normalized spacial score (nSPS) is 18.1. The molecule has 3 heterocycles. The minimum Gasteiger partial charge on any atom is -0.493 e. The average molecular weight is 474 g/mol. The van der Waals surface area contributed by atoms with Crippen LogP contribution in [0, 0.1) is 5.82 Å². The lowest BCUT2D eigenvalue weighted by Crippen LogP contribution is -2.11. The van der Waals surface area contributed by atoms with Crippen molar-refractivity contribution in [3.8, 4) is 17.2 Å². The number of carboxylic acids is 1. The minimum absolute atomic E-state index is 0.0545. The maximum absolute atomic E-state index is 14.1. The lowest BCUT2D eigenvalue weighted by atomic mass is 9.97. The molecule has 0 fully saturated rings. The van der Waals surface area contributed by atoms with Gasteiger partial charge in [-0.3, -0.25) is 9.36 Å². The van der Waals surface area contributed by atoms with Crippen LogP contribution in [-0.2, 0) is 11.2 Å². The molecule has 2 aliphatic rings. The Morgan fingerprint density at radius 3 is 2.86 bits per heavy atom. The summed E-state index contributed by atoms with van der Waals surface area (Å²) in [5, 5.41) is 12.7. The molecular weight excluding hydrogens is 449 g/mol. The van der Waals surface area contributed by atoms with Crippen molar-refractivity contribution < 1.29 is 23.8 Å². The van der Waals surface area contributed by atoms with Gasteiger partial charge in [0.15, 0.2) is 0 Å². The highest BCUT2D eigenvalue weighted by atomic mass is 19.1. The van der Waals surface area contributed by atoms with Gasteiger partial charge in [-0.05, 0) is 24.3 Å². The van der Waals surface area contributed by atoms with Gasteiger partial charge in [-0.1, -0.05) is 25.1 Å². The van der Waals surface area contributed by atoms with Gasteiger partial charge in [0.1, 0.15) is 29.7 Å². The summed E-state index contributed by atoms with van der Waals surface area (Å²) in [6.07, 6.45) is 0.749. The molecule has 2 unspecified atom stereocenters. The molecule has 7 nitrogen and oxygen atoms in total. The first-order chi connectivity index (χ1) is 17.0. The molecule has 6 rings (SSSR count). The third kappa shape index (κ3) is 3.65. The van der Waals surface area contributed by atoms with Crippen LogP contribution in [0.2, 0.25) is 0 Å². The van der Waals surface area contributed by atoms with E-state index in [2.05, 4.69) is 5.32 Å². The van der Waals surface area contributed by atoms with Crippen LogP contribution < -0.4 is 14.8 Å². The number of aromatic nitrogens is 2. The highest BCUT2D eigenvalue weighted by Gasteiger charge is 2.30. The van der Waals surface area contributed by atoms with Gasteiger partial charge in [0, 0.05) is 41.3 Å². The van der Waals surface area contributed by atoms with Crippen LogP contribution in [0.4, 0.5) is 10.1 Å². The van der Waals surface area contributed by atoms with Crippen LogP contribution in [0.3, 0.4) is 0 Å². The molecule has 2 aliphatic heterocycles. The van der Waals surface area contributed by atoms with Crippen LogP contribution in [0.5, 0.6) is 11.5 Å². The standard InChI is InChI=1S/C27H24FN3O4/c1-2-25-30-20-9-6-16(28)11-23(20)31(25)22-5-3-4-19-21(14-35-27(19)22)29-17-7-8-18-15(10-26(32)33)13-34-24(18)12-17/h3-9,11-12,15,21,29H,2,10,13-14H2,1H3,(H,32,33). The number of imidazole rings is 1. The molecule has 1 aromatic heterocycles.